The summed E-state index contributed by atoms with van der Waals surface area (Å²) in [5.74, 6) is 0.0257. The quantitative estimate of drug-likeness (QED) is 0.181. The van der Waals surface area contributed by atoms with E-state index >= 15 is 0 Å². The number of amides is 1. The number of fused-ring (bicyclic) bond motifs is 2. The van der Waals surface area contributed by atoms with E-state index in [1.807, 2.05) is 12.1 Å². The Morgan fingerprint density at radius 2 is 1.94 bits per heavy atom. The van der Waals surface area contributed by atoms with Gasteiger partial charge in [0.15, 0.2) is 0 Å². The van der Waals surface area contributed by atoms with E-state index in [0.29, 0.717) is 6.04 Å². The van der Waals surface area contributed by atoms with Crippen molar-refractivity contribution in [2.45, 2.75) is 58.5 Å². The third kappa shape index (κ3) is 6.19. The van der Waals surface area contributed by atoms with Crippen LogP contribution in [-0.2, 0) is 6.42 Å². The molecule has 0 aliphatic carbocycles. The fraction of sp³-hybridized carbons (Fsp3) is 0.393. The molecule has 34 heavy (non-hydrogen) atoms. The van der Waals surface area contributed by atoms with Gasteiger partial charge in [-0.3, -0.25) is 4.79 Å². The van der Waals surface area contributed by atoms with E-state index in [9.17, 15) is 4.79 Å². The summed E-state index contributed by atoms with van der Waals surface area (Å²) in [5, 5.41) is 12.6. The lowest BCUT2D eigenvalue weighted by molar-refractivity contribution is 0.0938. The Bertz CT molecular complexity index is 1230. The minimum atomic E-state index is 0.0257. The van der Waals surface area contributed by atoms with Gasteiger partial charge in [0, 0.05) is 52.7 Å². The van der Waals surface area contributed by atoms with Crippen LogP contribution in [0.3, 0.4) is 0 Å². The standard InChI is InChI=1S/C28H36N4OS/c1-4-5-8-23(15-21-18-31-25-10-7-6-9-24(21)25)32-28(33)27-16-20-11-12-22(17-26(20)34-27)30-14-13-29-19(2)3/h6-7,9-12,16-19,23,29-31H,4-5,8,13-15H2,1-3H3,(H,32,33). The maximum Gasteiger partial charge on any atom is 0.261 e. The number of nitrogens with one attached hydrogen (secondary N) is 4. The Kier molecular flexibility index (Phi) is 8.25. The molecule has 1 amide bonds. The molecule has 0 bridgehead atoms. The number of aromatic nitrogens is 1. The molecule has 4 N–H and O–H groups in total. The summed E-state index contributed by atoms with van der Waals surface area (Å²) in [5.41, 5.74) is 3.50. The molecule has 0 spiro atoms. The minimum Gasteiger partial charge on any atom is -0.384 e. The van der Waals surface area contributed by atoms with Gasteiger partial charge in [-0.2, -0.15) is 0 Å². The van der Waals surface area contributed by atoms with E-state index in [2.05, 4.69) is 84.3 Å². The molecule has 6 heteroatoms. The second-order valence-electron chi connectivity index (χ2n) is 9.28. The number of aromatic amines is 1. The fourth-order valence-electron chi connectivity index (χ4n) is 4.32. The SMILES string of the molecule is CCCCC(Cc1c[nH]c2ccccc12)NC(=O)c1cc2ccc(NCCNC(C)C)cc2s1. The number of carbonyl (C=O) groups is 1. The van der Waals surface area contributed by atoms with Crippen molar-refractivity contribution < 1.29 is 4.79 Å². The van der Waals surface area contributed by atoms with Gasteiger partial charge >= 0.3 is 0 Å². The Morgan fingerprint density at radius 1 is 1.09 bits per heavy atom. The molecular weight excluding hydrogens is 440 g/mol. The van der Waals surface area contributed by atoms with Crippen molar-refractivity contribution in [3.63, 3.8) is 0 Å². The maximum absolute atomic E-state index is 13.2. The molecule has 180 valence electrons. The summed E-state index contributed by atoms with van der Waals surface area (Å²) in [6.45, 7) is 8.29. The molecule has 2 heterocycles. The minimum absolute atomic E-state index is 0.0257. The van der Waals surface area contributed by atoms with Gasteiger partial charge in [0.1, 0.15) is 0 Å². The highest BCUT2D eigenvalue weighted by atomic mass is 32.1. The smallest absolute Gasteiger partial charge is 0.261 e. The highest BCUT2D eigenvalue weighted by molar-refractivity contribution is 7.20. The molecule has 0 aliphatic heterocycles. The van der Waals surface area contributed by atoms with E-state index in [0.717, 1.165) is 64.9 Å². The first-order valence-corrected chi connectivity index (χ1v) is 13.2. The van der Waals surface area contributed by atoms with Crippen molar-refractivity contribution >= 4 is 43.9 Å². The van der Waals surface area contributed by atoms with E-state index in [-0.39, 0.29) is 11.9 Å². The van der Waals surface area contributed by atoms with Gasteiger partial charge in [-0.25, -0.2) is 0 Å². The molecule has 0 saturated carbocycles. The molecule has 2 aromatic carbocycles. The Labute approximate surface area is 206 Å². The van der Waals surface area contributed by atoms with Gasteiger partial charge in [0.05, 0.1) is 4.88 Å². The third-order valence-electron chi connectivity index (χ3n) is 6.13. The van der Waals surface area contributed by atoms with Gasteiger partial charge in [-0.1, -0.05) is 57.9 Å². The molecule has 0 saturated heterocycles. The summed E-state index contributed by atoms with van der Waals surface area (Å²) >= 11 is 1.57. The van der Waals surface area contributed by atoms with E-state index in [1.165, 1.54) is 10.9 Å². The Morgan fingerprint density at radius 3 is 2.76 bits per heavy atom. The largest absolute Gasteiger partial charge is 0.384 e. The zero-order chi connectivity index (χ0) is 23.9. The summed E-state index contributed by atoms with van der Waals surface area (Å²) in [7, 11) is 0. The van der Waals surface area contributed by atoms with Crippen LogP contribution in [-0.4, -0.2) is 36.1 Å². The first-order chi connectivity index (χ1) is 16.5. The molecule has 0 aliphatic rings. The fourth-order valence-corrected chi connectivity index (χ4v) is 5.32. The monoisotopic (exact) mass is 476 g/mol. The van der Waals surface area contributed by atoms with Crippen LogP contribution >= 0.6 is 11.3 Å². The van der Waals surface area contributed by atoms with Crippen LogP contribution in [0.2, 0.25) is 0 Å². The number of hydrogen-bond donors (Lipinski definition) is 4. The number of hydrogen-bond acceptors (Lipinski definition) is 4. The third-order valence-corrected chi connectivity index (χ3v) is 7.23. The normalized spacial score (nSPS) is 12.5. The summed E-state index contributed by atoms with van der Waals surface area (Å²) < 4.78 is 1.13. The number of carbonyl (C=O) groups excluding carboxylic acids is 1. The predicted molar refractivity (Wildman–Crippen MR) is 146 cm³/mol. The summed E-state index contributed by atoms with van der Waals surface area (Å²) in [4.78, 5) is 17.3. The van der Waals surface area contributed by atoms with Crippen molar-refractivity contribution in [3.05, 3.63) is 65.2 Å². The number of benzene rings is 2. The first kappa shape index (κ1) is 24.3. The Hall–Kier alpha value is -2.83. The lowest BCUT2D eigenvalue weighted by atomic mass is 10.0. The average molecular weight is 477 g/mol. The van der Waals surface area contributed by atoms with Gasteiger partial charge in [-0.15, -0.1) is 11.3 Å². The molecule has 1 atom stereocenters. The summed E-state index contributed by atoms with van der Waals surface area (Å²) in [6.07, 6.45) is 6.11. The lowest BCUT2D eigenvalue weighted by Crippen LogP contribution is -2.36. The number of anilines is 1. The lowest BCUT2D eigenvalue weighted by Gasteiger charge is -2.18. The first-order valence-electron chi connectivity index (χ1n) is 12.4. The van der Waals surface area contributed by atoms with Gasteiger partial charge < -0.3 is 20.9 Å². The van der Waals surface area contributed by atoms with Crippen molar-refractivity contribution in [1.82, 2.24) is 15.6 Å². The van der Waals surface area contributed by atoms with Gasteiger partial charge in [0.25, 0.3) is 5.91 Å². The molecule has 4 rings (SSSR count). The van der Waals surface area contributed by atoms with Crippen LogP contribution < -0.4 is 16.0 Å². The number of para-hydroxylation sites is 1. The molecule has 0 radical (unpaired) electrons. The maximum atomic E-state index is 13.2. The number of unbranched alkanes of at least 4 members (excludes halogenated alkanes) is 1. The van der Waals surface area contributed by atoms with Crippen molar-refractivity contribution in [3.8, 4) is 0 Å². The highest BCUT2D eigenvalue weighted by Crippen LogP contribution is 2.29. The number of rotatable bonds is 12. The Balaban J connectivity index is 1.43. The molecule has 5 nitrogen and oxygen atoms in total. The highest BCUT2D eigenvalue weighted by Gasteiger charge is 2.18. The van der Waals surface area contributed by atoms with E-state index in [1.54, 1.807) is 11.3 Å². The van der Waals surface area contributed by atoms with Crippen LogP contribution in [0.1, 0.15) is 55.3 Å². The van der Waals surface area contributed by atoms with Gasteiger partial charge in [0.2, 0.25) is 0 Å². The number of H-pyrrole nitrogens is 1. The van der Waals surface area contributed by atoms with Crippen molar-refractivity contribution in [2.24, 2.45) is 0 Å². The van der Waals surface area contributed by atoms with Crippen LogP contribution in [0.25, 0.3) is 21.0 Å². The van der Waals surface area contributed by atoms with Crippen LogP contribution in [0.4, 0.5) is 5.69 Å². The second-order valence-corrected chi connectivity index (χ2v) is 10.4. The second kappa shape index (κ2) is 11.5. The van der Waals surface area contributed by atoms with Crippen LogP contribution in [0, 0.1) is 0 Å². The topological polar surface area (TPSA) is 69.0 Å². The van der Waals surface area contributed by atoms with E-state index < -0.39 is 0 Å². The van der Waals surface area contributed by atoms with Crippen molar-refractivity contribution in [1.29, 1.82) is 0 Å². The molecule has 2 aromatic heterocycles. The van der Waals surface area contributed by atoms with Crippen LogP contribution in [0.15, 0.2) is 54.7 Å². The molecule has 0 fully saturated rings. The average Bonchev–Trinajstić information content (AvgIpc) is 3.44. The van der Waals surface area contributed by atoms with Crippen LogP contribution in [0.5, 0.6) is 0 Å². The zero-order valence-corrected chi connectivity index (χ0v) is 21.2. The van der Waals surface area contributed by atoms with Crippen molar-refractivity contribution in [2.75, 3.05) is 18.4 Å². The van der Waals surface area contributed by atoms with E-state index in [4.69, 9.17) is 0 Å². The van der Waals surface area contributed by atoms with Gasteiger partial charge in [-0.05, 0) is 48.1 Å². The predicted octanol–water partition coefficient (Wildman–Crippen LogP) is 6.32. The molecule has 1 unspecified atom stereocenters. The molecular formula is C28H36N4OS. The summed E-state index contributed by atoms with van der Waals surface area (Å²) in [6, 6.07) is 17.3. The number of thiophene rings is 1. The molecule has 4 aromatic rings. The zero-order valence-electron chi connectivity index (χ0n) is 20.4.